The average Bonchev–Trinajstić information content (AvgIpc) is 2.94. The van der Waals surface area contributed by atoms with Gasteiger partial charge >= 0.3 is 5.97 Å². The molecule has 2 aromatic heterocycles. The van der Waals surface area contributed by atoms with Crippen molar-refractivity contribution in [3.05, 3.63) is 58.5 Å². The van der Waals surface area contributed by atoms with E-state index in [1.807, 2.05) is 30.5 Å². The Morgan fingerprint density at radius 2 is 2.25 bits per heavy atom. The van der Waals surface area contributed by atoms with Gasteiger partial charge in [0, 0.05) is 40.3 Å². The van der Waals surface area contributed by atoms with Gasteiger partial charge in [0.05, 0.1) is 5.56 Å². The number of rotatable bonds is 4. The zero-order chi connectivity index (χ0) is 13.9. The molecule has 0 amide bonds. The Morgan fingerprint density at radius 3 is 3.05 bits per heavy atom. The molecule has 0 radical (unpaired) electrons. The average molecular weight is 284 g/mol. The number of aromatic carboxylic acids is 1. The van der Waals surface area contributed by atoms with Crippen LogP contribution in [-0.4, -0.2) is 16.1 Å². The van der Waals surface area contributed by atoms with Crippen LogP contribution in [0, 0.1) is 0 Å². The summed E-state index contributed by atoms with van der Waals surface area (Å²) in [6.45, 7) is 0.603. The maximum Gasteiger partial charge on any atom is 0.336 e. The summed E-state index contributed by atoms with van der Waals surface area (Å²) in [6, 6.07) is 9.69. The van der Waals surface area contributed by atoms with Crippen molar-refractivity contribution in [1.29, 1.82) is 0 Å². The van der Waals surface area contributed by atoms with E-state index >= 15 is 0 Å². The minimum absolute atomic E-state index is 0.339. The molecule has 2 N–H and O–H groups in total. The standard InChI is InChI=1S/C15H12N2O2S/c18-15(19)11-6-12(20-9-11)7-17-14-3-1-2-10-4-5-16-8-13(10)14/h1-6,8-9,17H,7H2,(H,18,19). The molecule has 2 heterocycles. The summed E-state index contributed by atoms with van der Waals surface area (Å²) >= 11 is 1.44. The Hall–Kier alpha value is -2.40. The third-order valence-electron chi connectivity index (χ3n) is 3.04. The van der Waals surface area contributed by atoms with E-state index in [1.165, 1.54) is 11.3 Å². The number of fused-ring (bicyclic) bond motifs is 1. The summed E-state index contributed by atoms with van der Waals surface area (Å²) in [6.07, 6.45) is 3.60. The van der Waals surface area contributed by atoms with Gasteiger partial charge in [-0.2, -0.15) is 0 Å². The van der Waals surface area contributed by atoms with E-state index in [1.54, 1.807) is 17.6 Å². The van der Waals surface area contributed by atoms with Crippen LogP contribution in [0.15, 0.2) is 48.1 Å². The summed E-state index contributed by atoms with van der Waals surface area (Å²) in [5.74, 6) is -0.887. The van der Waals surface area contributed by atoms with E-state index in [2.05, 4.69) is 10.3 Å². The first-order valence-corrected chi connectivity index (χ1v) is 6.99. The number of hydrogen-bond donors (Lipinski definition) is 2. The van der Waals surface area contributed by atoms with Gasteiger partial charge in [-0.15, -0.1) is 11.3 Å². The molecule has 0 saturated carbocycles. The Bertz CT molecular complexity index is 762. The van der Waals surface area contributed by atoms with Gasteiger partial charge in [0.25, 0.3) is 0 Å². The van der Waals surface area contributed by atoms with Gasteiger partial charge in [0.1, 0.15) is 0 Å². The van der Waals surface area contributed by atoms with E-state index < -0.39 is 5.97 Å². The van der Waals surface area contributed by atoms with Gasteiger partial charge in [-0.1, -0.05) is 12.1 Å². The van der Waals surface area contributed by atoms with Crippen LogP contribution in [-0.2, 0) is 6.54 Å². The van der Waals surface area contributed by atoms with Crippen molar-refractivity contribution in [2.75, 3.05) is 5.32 Å². The predicted molar refractivity (Wildman–Crippen MR) is 80.3 cm³/mol. The fourth-order valence-corrected chi connectivity index (χ4v) is 2.83. The number of carbonyl (C=O) groups is 1. The molecule has 0 spiro atoms. The molecule has 20 heavy (non-hydrogen) atoms. The molecule has 5 heteroatoms. The molecule has 0 aliphatic rings. The highest BCUT2D eigenvalue weighted by Crippen LogP contribution is 2.23. The number of aromatic nitrogens is 1. The number of thiophene rings is 1. The minimum Gasteiger partial charge on any atom is -0.478 e. The molecular weight excluding hydrogens is 272 g/mol. The van der Waals surface area contributed by atoms with Crippen LogP contribution >= 0.6 is 11.3 Å². The molecule has 3 aromatic rings. The molecule has 3 rings (SSSR count). The SMILES string of the molecule is O=C(O)c1csc(CNc2cccc3ccncc23)c1. The first-order chi connectivity index (χ1) is 9.74. The van der Waals surface area contributed by atoms with Gasteiger partial charge in [0.15, 0.2) is 0 Å². The van der Waals surface area contributed by atoms with Crippen LogP contribution in [0.3, 0.4) is 0 Å². The first-order valence-electron chi connectivity index (χ1n) is 6.11. The van der Waals surface area contributed by atoms with Crippen LogP contribution in [0.4, 0.5) is 5.69 Å². The van der Waals surface area contributed by atoms with Crippen molar-refractivity contribution in [2.24, 2.45) is 0 Å². The van der Waals surface area contributed by atoms with Gasteiger partial charge in [-0.05, 0) is 23.6 Å². The number of carboxylic acids is 1. The molecule has 0 aliphatic heterocycles. The van der Waals surface area contributed by atoms with E-state index in [-0.39, 0.29) is 0 Å². The summed E-state index contributed by atoms with van der Waals surface area (Å²) in [5.41, 5.74) is 1.34. The van der Waals surface area contributed by atoms with Crippen LogP contribution in [0.1, 0.15) is 15.2 Å². The van der Waals surface area contributed by atoms with E-state index in [0.29, 0.717) is 12.1 Å². The lowest BCUT2D eigenvalue weighted by atomic mass is 10.1. The van der Waals surface area contributed by atoms with Crippen LogP contribution < -0.4 is 5.32 Å². The van der Waals surface area contributed by atoms with Crippen molar-refractivity contribution in [3.8, 4) is 0 Å². The van der Waals surface area contributed by atoms with E-state index in [0.717, 1.165) is 21.3 Å². The monoisotopic (exact) mass is 284 g/mol. The van der Waals surface area contributed by atoms with Crippen molar-refractivity contribution >= 4 is 33.8 Å². The second-order valence-corrected chi connectivity index (χ2v) is 5.36. The smallest absolute Gasteiger partial charge is 0.336 e. The van der Waals surface area contributed by atoms with Gasteiger partial charge in [-0.25, -0.2) is 4.79 Å². The number of benzene rings is 1. The fourth-order valence-electron chi connectivity index (χ4n) is 2.04. The molecule has 1 aromatic carbocycles. The normalized spacial score (nSPS) is 10.6. The lowest BCUT2D eigenvalue weighted by Gasteiger charge is -2.08. The highest BCUT2D eigenvalue weighted by atomic mass is 32.1. The molecule has 100 valence electrons. The van der Waals surface area contributed by atoms with Crippen molar-refractivity contribution < 1.29 is 9.90 Å². The first kappa shape index (κ1) is 12.6. The highest BCUT2D eigenvalue weighted by molar-refractivity contribution is 7.10. The van der Waals surface area contributed by atoms with Gasteiger partial charge in [-0.3, -0.25) is 4.98 Å². The van der Waals surface area contributed by atoms with Crippen molar-refractivity contribution in [3.63, 3.8) is 0 Å². The summed E-state index contributed by atoms with van der Waals surface area (Å²) in [5, 5.41) is 16.1. The molecule has 0 bridgehead atoms. The molecule has 0 saturated heterocycles. The van der Waals surface area contributed by atoms with Crippen LogP contribution in [0.2, 0.25) is 0 Å². The summed E-state index contributed by atoms with van der Waals surface area (Å²) in [7, 11) is 0. The second kappa shape index (κ2) is 5.30. The molecule has 0 fully saturated rings. The third-order valence-corrected chi connectivity index (χ3v) is 3.97. The Morgan fingerprint density at radius 1 is 1.35 bits per heavy atom. The molecule has 0 atom stereocenters. The van der Waals surface area contributed by atoms with Crippen LogP contribution in [0.5, 0.6) is 0 Å². The zero-order valence-corrected chi connectivity index (χ0v) is 11.4. The summed E-state index contributed by atoms with van der Waals surface area (Å²) < 4.78 is 0. The topological polar surface area (TPSA) is 62.2 Å². The van der Waals surface area contributed by atoms with Crippen molar-refractivity contribution in [2.45, 2.75) is 6.54 Å². The Balaban J connectivity index is 1.81. The second-order valence-electron chi connectivity index (χ2n) is 4.36. The molecule has 0 unspecified atom stereocenters. The van der Waals surface area contributed by atoms with Crippen LogP contribution in [0.25, 0.3) is 10.8 Å². The Labute approximate surface area is 119 Å². The number of nitrogens with zero attached hydrogens (tertiary/aromatic N) is 1. The lowest BCUT2D eigenvalue weighted by Crippen LogP contribution is -1.98. The number of nitrogens with one attached hydrogen (secondary N) is 1. The van der Waals surface area contributed by atoms with E-state index in [9.17, 15) is 4.79 Å². The Kier molecular flexibility index (Phi) is 3.35. The van der Waals surface area contributed by atoms with Crippen molar-refractivity contribution in [1.82, 2.24) is 4.98 Å². The molecule has 4 nitrogen and oxygen atoms in total. The minimum atomic E-state index is -0.887. The molecule has 0 aliphatic carbocycles. The summed E-state index contributed by atoms with van der Waals surface area (Å²) in [4.78, 5) is 16.0. The number of anilines is 1. The molecular formula is C15H12N2O2S. The fraction of sp³-hybridized carbons (Fsp3) is 0.0667. The number of pyridine rings is 1. The predicted octanol–water partition coefficient (Wildman–Crippen LogP) is 3.61. The van der Waals surface area contributed by atoms with E-state index in [4.69, 9.17) is 5.11 Å². The zero-order valence-electron chi connectivity index (χ0n) is 10.5. The third kappa shape index (κ3) is 2.48. The lowest BCUT2D eigenvalue weighted by molar-refractivity contribution is 0.0697. The van der Waals surface area contributed by atoms with Gasteiger partial charge in [0.2, 0.25) is 0 Å². The highest BCUT2D eigenvalue weighted by Gasteiger charge is 2.07. The number of carboxylic acid groups (broad SMARTS) is 1. The maximum absolute atomic E-state index is 10.8. The largest absolute Gasteiger partial charge is 0.478 e. The maximum atomic E-state index is 10.8. The quantitative estimate of drug-likeness (QED) is 0.768. The van der Waals surface area contributed by atoms with Gasteiger partial charge < -0.3 is 10.4 Å². The number of hydrogen-bond acceptors (Lipinski definition) is 4.